The fourth-order valence-electron chi connectivity index (χ4n) is 1.28. The van der Waals surface area contributed by atoms with E-state index in [4.69, 9.17) is 0 Å². The lowest BCUT2D eigenvalue weighted by atomic mass is 10.1. The van der Waals surface area contributed by atoms with Crippen molar-refractivity contribution in [3.63, 3.8) is 0 Å². The molecule has 0 N–H and O–H groups in total. The zero-order chi connectivity index (χ0) is 8.55. The molecule has 0 spiro atoms. The van der Waals surface area contributed by atoms with Crippen LogP contribution < -0.4 is 0 Å². The minimum atomic E-state index is 0.427. The van der Waals surface area contributed by atoms with E-state index in [2.05, 4.69) is 23.8 Å². The van der Waals surface area contributed by atoms with Crippen LogP contribution in [0.4, 0.5) is 0 Å². The van der Waals surface area contributed by atoms with Crippen LogP contribution in [0.2, 0.25) is 0 Å². The second-order valence-corrected chi connectivity index (χ2v) is 3.13. The largest absolute Gasteiger partial charge is 0.304 e. The van der Waals surface area contributed by atoms with Gasteiger partial charge in [0.05, 0.1) is 5.69 Å². The highest BCUT2D eigenvalue weighted by Crippen LogP contribution is 2.15. The second-order valence-electron chi connectivity index (χ2n) is 3.13. The van der Waals surface area contributed by atoms with Crippen LogP contribution in [0, 0.1) is 0 Å². The quantitative estimate of drug-likeness (QED) is 0.639. The summed E-state index contributed by atoms with van der Waals surface area (Å²) in [6, 6.07) is 0. The molecule has 0 saturated heterocycles. The van der Waals surface area contributed by atoms with Gasteiger partial charge >= 0.3 is 0 Å². The van der Waals surface area contributed by atoms with Gasteiger partial charge in [-0.05, 0) is 5.92 Å². The van der Waals surface area contributed by atoms with Gasteiger partial charge in [0.2, 0.25) is 0 Å². The average Bonchev–Trinajstić information content (AvgIpc) is 2.49. The van der Waals surface area contributed by atoms with E-state index in [-0.39, 0.29) is 0 Å². The van der Waals surface area contributed by atoms with Crippen molar-refractivity contribution in [3.05, 3.63) is 30.5 Å². The lowest BCUT2D eigenvalue weighted by molar-refractivity contribution is 0.817. The summed E-state index contributed by atoms with van der Waals surface area (Å²) in [6.45, 7) is 4.24. The number of hydrogen-bond donors (Lipinski definition) is 0. The first-order valence-corrected chi connectivity index (χ1v) is 4.06. The average molecular weight is 161 g/mol. The molecule has 0 aliphatic rings. The van der Waals surface area contributed by atoms with Crippen molar-refractivity contribution in [2.45, 2.75) is 19.8 Å². The Hall–Kier alpha value is -1.38. The summed E-state index contributed by atoms with van der Waals surface area (Å²) in [5.74, 6) is 0.427. The fraction of sp³-hybridized carbons (Fsp3) is 0.333. The van der Waals surface area contributed by atoms with E-state index in [1.807, 2.05) is 23.0 Å². The molecule has 0 aliphatic carbocycles. The molecule has 0 bridgehead atoms. The van der Waals surface area contributed by atoms with Crippen LogP contribution in [-0.4, -0.2) is 14.4 Å². The Bertz CT molecular complexity index is 389. The Labute approximate surface area is 71.1 Å². The SMILES string of the molecule is CC(C)c1nccn2ccnc12. The van der Waals surface area contributed by atoms with Crippen molar-refractivity contribution in [1.29, 1.82) is 0 Å². The Morgan fingerprint density at radius 3 is 2.50 bits per heavy atom. The predicted molar refractivity (Wildman–Crippen MR) is 47.1 cm³/mol. The first-order chi connectivity index (χ1) is 5.79. The van der Waals surface area contributed by atoms with Crippen LogP contribution in [0.15, 0.2) is 24.8 Å². The molecule has 0 aromatic carbocycles. The maximum Gasteiger partial charge on any atom is 0.158 e. The van der Waals surface area contributed by atoms with Gasteiger partial charge in [0.15, 0.2) is 5.65 Å². The molecule has 62 valence electrons. The molecule has 2 aromatic rings. The first-order valence-electron chi connectivity index (χ1n) is 4.06. The highest BCUT2D eigenvalue weighted by Gasteiger charge is 2.06. The fourth-order valence-corrected chi connectivity index (χ4v) is 1.28. The number of rotatable bonds is 1. The maximum absolute atomic E-state index is 4.30. The van der Waals surface area contributed by atoms with Gasteiger partial charge in [-0.2, -0.15) is 0 Å². The Balaban J connectivity index is 2.73. The van der Waals surface area contributed by atoms with Gasteiger partial charge in [-0.15, -0.1) is 0 Å². The standard InChI is InChI=1S/C9H11N3/c1-7(2)8-9-11-4-6-12(9)5-3-10-8/h3-7H,1-2H3. The highest BCUT2D eigenvalue weighted by molar-refractivity contribution is 5.44. The lowest BCUT2D eigenvalue weighted by Crippen LogP contribution is -1.97. The van der Waals surface area contributed by atoms with Gasteiger partial charge in [0.1, 0.15) is 0 Å². The monoisotopic (exact) mass is 161 g/mol. The molecule has 2 aromatic heterocycles. The van der Waals surface area contributed by atoms with Crippen molar-refractivity contribution in [2.24, 2.45) is 0 Å². The molecule has 0 atom stereocenters. The van der Waals surface area contributed by atoms with Crippen LogP contribution in [0.5, 0.6) is 0 Å². The normalized spacial score (nSPS) is 11.2. The van der Waals surface area contributed by atoms with Gasteiger partial charge < -0.3 is 4.40 Å². The molecule has 2 heterocycles. The number of fused-ring (bicyclic) bond motifs is 1. The third kappa shape index (κ3) is 0.978. The first kappa shape index (κ1) is 7.28. The molecule has 2 rings (SSSR count). The zero-order valence-corrected chi connectivity index (χ0v) is 7.23. The molecule has 3 nitrogen and oxygen atoms in total. The second kappa shape index (κ2) is 2.59. The third-order valence-corrected chi connectivity index (χ3v) is 1.89. The van der Waals surface area contributed by atoms with Crippen LogP contribution in [0.1, 0.15) is 25.5 Å². The predicted octanol–water partition coefficient (Wildman–Crippen LogP) is 1.85. The van der Waals surface area contributed by atoms with Gasteiger partial charge in [-0.1, -0.05) is 13.8 Å². The summed E-state index contributed by atoms with van der Waals surface area (Å²) in [6.07, 6.45) is 7.45. The summed E-state index contributed by atoms with van der Waals surface area (Å²) in [4.78, 5) is 8.54. The Morgan fingerprint density at radius 1 is 1.17 bits per heavy atom. The molecule has 0 fully saturated rings. The molecule has 0 radical (unpaired) electrons. The molecule has 0 saturated carbocycles. The number of nitrogens with zero attached hydrogens (tertiary/aromatic N) is 3. The molecule has 0 aliphatic heterocycles. The van der Waals surface area contributed by atoms with Crippen LogP contribution in [0.25, 0.3) is 5.65 Å². The summed E-state index contributed by atoms with van der Waals surface area (Å²) < 4.78 is 1.99. The lowest BCUT2D eigenvalue weighted by Gasteiger charge is -2.04. The summed E-state index contributed by atoms with van der Waals surface area (Å²) in [5, 5.41) is 0. The molecule has 0 unspecified atom stereocenters. The molecule has 12 heavy (non-hydrogen) atoms. The van der Waals surface area contributed by atoms with Gasteiger partial charge in [-0.3, -0.25) is 4.98 Å². The van der Waals surface area contributed by atoms with E-state index in [1.54, 1.807) is 6.20 Å². The third-order valence-electron chi connectivity index (χ3n) is 1.89. The van der Waals surface area contributed by atoms with Crippen molar-refractivity contribution in [1.82, 2.24) is 14.4 Å². The van der Waals surface area contributed by atoms with Crippen molar-refractivity contribution in [2.75, 3.05) is 0 Å². The van der Waals surface area contributed by atoms with Crippen molar-refractivity contribution < 1.29 is 0 Å². The van der Waals surface area contributed by atoms with Crippen molar-refractivity contribution >= 4 is 5.65 Å². The molecular weight excluding hydrogens is 150 g/mol. The van der Waals surface area contributed by atoms with E-state index in [0.29, 0.717) is 5.92 Å². The van der Waals surface area contributed by atoms with Crippen LogP contribution in [-0.2, 0) is 0 Å². The topological polar surface area (TPSA) is 30.2 Å². The van der Waals surface area contributed by atoms with E-state index >= 15 is 0 Å². The maximum atomic E-state index is 4.30. The van der Waals surface area contributed by atoms with Crippen molar-refractivity contribution in [3.8, 4) is 0 Å². The Kier molecular flexibility index (Phi) is 1.57. The minimum Gasteiger partial charge on any atom is -0.304 e. The van der Waals surface area contributed by atoms with Gasteiger partial charge in [-0.25, -0.2) is 4.98 Å². The van der Waals surface area contributed by atoms with E-state index < -0.39 is 0 Å². The summed E-state index contributed by atoms with van der Waals surface area (Å²) in [7, 11) is 0. The molecule has 0 amide bonds. The minimum absolute atomic E-state index is 0.427. The van der Waals surface area contributed by atoms with E-state index in [0.717, 1.165) is 11.3 Å². The smallest absolute Gasteiger partial charge is 0.158 e. The Morgan fingerprint density at radius 2 is 1.83 bits per heavy atom. The van der Waals surface area contributed by atoms with E-state index in [9.17, 15) is 0 Å². The zero-order valence-electron chi connectivity index (χ0n) is 7.23. The number of imidazole rings is 1. The number of aromatic nitrogens is 3. The van der Waals surface area contributed by atoms with Gasteiger partial charge in [0, 0.05) is 24.8 Å². The summed E-state index contributed by atoms with van der Waals surface area (Å²) >= 11 is 0. The molecule has 3 heteroatoms. The van der Waals surface area contributed by atoms with Gasteiger partial charge in [0.25, 0.3) is 0 Å². The summed E-state index contributed by atoms with van der Waals surface area (Å²) in [5.41, 5.74) is 2.02. The highest BCUT2D eigenvalue weighted by atomic mass is 15.0. The number of hydrogen-bond acceptors (Lipinski definition) is 2. The van der Waals surface area contributed by atoms with Crippen LogP contribution >= 0.6 is 0 Å². The van der Waals surface area contributed by atoms with Crippen LogP contribution in [0.3, 0.4) is 0 Å². The van der Waals surface area contributed by atoms with E-state index in [1.165, 1.54) is 0 Å². The molecular formula is C9H11N3.